The first kappa shape index (κ1) is 13.0. The Kier molecular flexibility index (Phi) is 3.58. The molecule has 2 N–H and O–H groups in total. The van der Waals surface area contributed by atoms with Crippen LogP contribution in [0.5, 0.6) is 0 Å². The van der Waals surface area contributed by atoms with Crippen molar-refractivity contribution in [2.24, 2.45) is 5.92 Å². The van der Waals surface area contributed by atoms with Gasteiger partial charge in [0.05, 0.1) is 5.56 Å². The Labute approximate surface area is 118 Å². The summed E-state index contributed by atoms with van der Waals surface area (Å²) in [5.74, 6) is 1.83. The number of carbonyl (C=O) groups excluding carboxylic acids is 1. The zero-order valence-corrected chi connectivity index (χ0v) is 11.7. The number of aryl methyl sites for hydroxylation is 1. The predicted octanol–water partition coefficient (Wildman–Crippen LogP) is 2.14. The van der Waals surface area contributed by atoms with Crippen LogP contribution < -0.4 is 0 Å². The molecule has 106 valence electrons. The maximum atomic E-state index is 12.4. The molecule has 5 heteroatoms. The molecular formula is C15H20N4O. The minimum atomic E-state index is 0.153. The fraction of sp³-hybridized carbons (Fsp3) is 0.467. The van der Waals surface area contributed by atoms with Gasteiger partial charge >= 0.3 is 0 Å². The number of imidazole rings is 1. The Balaban J connectivity index is 1.56. The molecule has 0 atom stereocenters. The normalized spacial score (nSPS) is 16.6. The first-order chi connectivity index (χ1) is 9.74. The van der Waals surface area contributed by atoms with Crippen LogP contribution in [0.2, 0.25) is 0 Å². The summed E-state index contributed by atoms with van der Waals surface area (Å²) in [6.07, 6.45) is 10.4. The number of hydrogen-bond donors (Lipinski definition) is 2. The van der Waals surface area contributed by atoms with Gasteiger partial charge in [0.25, 0.3) is 5.91 Å². The number of aromatic nitrogens is 3. The smallest absolute Gasteiger partial charge is 0.255 e. The third-order valence-electron chi connectivity index (χ3n) is 4.12. The van der Waals surface area contributed by atoms with E-state index in [-0.39, 0.29) is 5.91 Å². The number of hydrogen-bond acceptors (Lipinski definition) is 2. The minimum absolute atomic E-state index is 0.153. The largest absolute Gasteiger partial charge is 0.367 e. The highest BCUT2D eigenvalue weighted by Gasteiger charge is 2.25. The highest BCUT2D eigenvalue weighted by atomic mass is 16.2. The predicted molar refractivity (Wildman–Crippen MR) is 76.4 cm³/mol. The lowest BCUT2D eigenvalue weighted by molar-refractivity contribution is 0.0689. The van der Waals surface area contributed by atoms with Crippen molar-refractivity contribution >= 4 is 5.91 Å². The standard InChI is InChI=1S/C15H20N4O/c1-11-9-16-10-13(11)15(20)19-6-2-12(3-7-19)8-14-17-4-5-18-14/h4-5,9-10,12,16H,2-3,6-8H2,1H3,(H,17,18). The third-order valence-corrected chi connectivity index (χ3v) is 4.12. The van der Waals surface area contributed by atoms with E-state index in [9.17, 15) is 4.79 Å². The van der Waals surface area contributed by atoms with Gasteiger partial charge < -0.3 is 14.9 Å². The maximum Gasteiger partial charge on any atom is 0.255 e. The van der Waals surface area contributed by atoms with E-state index in [2.05, 4.69) is 15.0 Å². The molecule has 1 aliphatic heterocycles. The molecule has 0 bridgehead atoms. The fourth-order valence-corrected chi connectivity index (χ4v) is 2.87. The summed E-state index contributed by atoms with van der Waals surface area (Å²) in [4.78, 5) is 24.8. The van der Waals surface area contributed by atoms with Gasteiger partial charge in [-0.25, -0.2) is 4.98 Å². The number of likely N-dealkylation sites (tertiary alicyclic amines) is 1. The lowest BCUT2D eigenvalue weighted by atomic mass is 9.93. The molecule has 0 spiro atoms. The molecule has 0 radical (unpaired) electrons. The number of carbonyl (C=O) groups is 1. The summed E-state index contributed by atoms with van der Waals surface area (Å²) in [7, 11) is 0. The SMILES string of the molecule is Cc1c[nH]cc1C(=O)N1CCC(Cc2ncc[nH]2)CC1. The van der Waals surface area contributed by atoms with Gasteiger partial charge in [-0.3, -0.25) is 4.79 Å². The van der Waals surface area contributed by atoms with Gasteiger partial charge in [0.1, 0.15) is 5.82 Å². The first-order valence-electron chi connectivity index (χ1n) is 7.15. The second kappa shape index (κ2) is 5.53. The van der Waals surface area contributed by atoms with E-state index in [1.165, 1.54) is 0 Å². The van der Waals surface area contributed by atoms with E-state index in [4.69, 9.17) is 0 Å². The third kappa shape index (κ3) is 2.61. The summed E-state index contributed by atoms with van der Waals surface area (Å²) >= 11 is 0. The molecule has 3 rings (SSSR count). The topological polar surface area (TPSA) is 64.8 Å². The molecule has 2 aromatic heterocycles. The second-order valence-electron chi connectivity index (χ2n) is 5.53. The Hall–Kier alpha value is -2.04. The average molecular weight is 272 g/mol. The molecule has 0 unspecified atom stereocenters. The summed E-state index contributed by atoms with van der Waals surface area (Å²) < 4.78 is 0. The summed E-state index contributed by atoms with van der Waals surface area (Å²) in [6, 6.07) is 0. The molecule has 5 nitrogen and oxygen atoms in total. The molecule has 2 aromatic rings. The van der Waals surface area contributed by atoms with Crippen LogP contribution in [-0.2, 0) is 6.42 Å². The van der Waals surface area contributed by atoms with E-state index < -0.39 is 0 Å². The van der Waals surface area contributed by atoms with E-state index in [1.807, 2.05) is 24.2 Å². The maximum absolute atomic E-state index is 12.4. The Morgan fingerprint density at radius 1 is 1.40 bits per heavy atom. The van der Waals surface area contributed by atoms with Crippen molar-refractivity contribution in [1.82, 2.24) is 19.9 Å². The van der Waals surface area contributed by atoms with E-state index in [1.54, 1.807) is 12.4 Å². The Morgan fingerprint density at radius 3 is 2.80 bits per heavy atom. The van der Waals surface area contributed by atoms with Crippen molar-refractivity contribution in [2.75, 3.05) is 13.1 Å². The molecule has 1 amide bonds. The molecule has 20 heavy (non-hydrogen) atoms. The number of nitrogens with zero attached hydrogens (tertiary/aromatic N) is 2. The number of amides is 1. The number of rotatable bonds is 3. The van der Waals surface area contributed by atoms with E-state index >= 15 is 0 Å². The van der Waals surface area contributed by atoms with Gasteiger partial charge in [0, 0.05) is 44.3 Å². The zero-order chi connectivity index (χ0) is 13.9. The molecule has 1 fully saturated rings. The minimum Gasteiger partial charge on any atom is -0.367 e. The van der Waals surface area contributed by atoms with E-state index in [0.717, 1.165) is 49.3 Å². The molecular weight excluding hydrogens is 252 g/mol. The van der Waals surface area contributed by atoms with Gasteiger partial charge in [0.15, 0.2) is 0 Å². The van der Waals surface area contributed by atoms with E-state index in [0.29, 0.717) is 5.92 Å². The summed E-state index contributed by atoms with van der Waals surface area (Å²) in [5.41, 5.74) is 1.82. The molecule has 1 saturated heterocycles. The van der Waals surface area contributed by atoms with Crippen LogP contribution in [0.4, 0.5) is 0 Å². The van der Waals surface area contributed by atoms with Gasteiger partial charge in [0.2, 0.25) is 0 Å². The average Bonchev–Trinajstić information content (AvgIpc) is 3.10. The highest BCUT2D eigenvalue weighted by Crippen LogP contribution is 2.22. The van der Waals surface area contributed by atoms with Gasteiger partial charge in [-0.1, -0.05) is 0 Å². The zero-order valence-electron chi connectivity index (χ0n) is 11.7. The van der Waals surface area contributed by atoms with Crippen molar-refractivity contribution in [1.29, 1.82) is 0 Å². The summed E-state index contributed by atoms with van der Waals surface area (Å²) in [5, 5.41) is 0. The monoisotopic (exact) mass is 272 g/mol. The van der Waals surface area contributed by atoms with Crippen molar-refractivity contribution < 1.29 is 4.79 Å². The molecule has 1 aliphatic rings. The lowest BCUT2D eigenvalue weighted by Crippen LogP contribution is -2.39. The van der Waals surface area contributed by atoms with Gasteiger partial charge in [-0.05, 0) is 31.2 Å². The quantitative estimate of drug-likeness (QED) is 0.899. The van der Waals surface area contributed by atoms with Gasteiger partial charge in [-0.2, -0.15) is 0 Å². The van der Waals surface area contributed by atoms with Crippen LogP contribution in [0.25, 0.3) is 0 Å². The Morgan fingerprint density at radius 2 is 2.20 bits per heavy atom. The molecule has 0 saturated carbocycles. The van der Waals surface area contributed by atoms with Crippen molar-refractivity contribution in [3.05, 3.63) is 41.7 Å². The van der Waals surface area contributed by atoms with Crippen LogP contribution in [0, 0.1) is 12.8 Å². The van der Waals surface area contributed by atoms with Crippen molar-refractivity contribution in [3.8, 4) is 0 Å². The van der Waals surface area contributed by atoms with Crippen LogP contribution in [0.15, 0.2) is 24.8 Å². The molecule has 0 aliphatic carbocycles. The number of nitrogens with one attached hydrogen (secondary N) is 2. The Bertz CT molecular complexity index is 564. The van der Waals surface area contributed by atoms with Crippen LogP contribution in [0.3, 0.4) is 0 Å². The van der Waals surface area contributed by atoms with Crippen LogP contribution in [0.1, 0.15) is 34.6 Å². The number of aromatic amines is 2. The number of piperidine rings is 1. The molecule has 3 heterocycles. The second-order valence-corrected chi connectivity index (χ2v) is 5.53. The fourth-order valence-electron chi connectivity index (χ4n) is 2.87. The lowest BCUT2D eigenvalue weighted by Gasteiger charge is -2.31. The molecule has 0 aromatic carbocycles. The highest BCUT2D eigenvalue weighted by molar-refractivity contribution is 5.95. The van der Waals surface area contributed by atoms with Crippen LogP contribution in [-0.4, -0.2) is 38.8 Å². The van der Waals surface area contributed by atoms with Crippen molar-refractivity contribution in [2.45, 2.75) is 26.2 Å². The van der Waals surface area contributed by atoms with Crippen molar-refractivity contribution in [3.63, 3.8) is 0 Å². The first-order valence-corrected chi connectivity index (χ1v) is 7.15. The van der Waals surface area contributed by atoms with Gasteiger partial charge in [-0.15, -0.1) is 0 Å². The summed E-state index contributed by atoms with van der Waals surface area (Å²) in [6.45, 7) is 3.65. The number of H-pyrrole nitrogens is 2. The van der Waals surface area contributed by atoms with Crippen LogP contribution >= 0.6 is 0 Å².